The minimum atomic E-state index is -0.647. The number of carbonyl (C=O) groups is 2. The standard InChI is InChI=1S/C22H20F2N2O4/c1-29-19(27)11-30-18-4-2-3-16-21(18)20-14(22(25)28)7-8-17(20)26(16)10-12-5-6-13(23)9-15(12)24/h2-6,9,14H,7-8,10-11H2,1H3,(H2,25,28). The third-order valence-corrected chi connectivity index (χ3v) is 5.48. The summed E-state index contributed by atoms with van der Waals surface area (Å²) in [4.78, 5) is 23.6. The number of primary amides is 1. The highest BCUT2D eigenvalue weighted by atomic mass is 19.1. The van der Waals surface area contributed by atoms with Gasteiger partial charge in [0.25, 0.3) is 0 Å². The largest absolute Gasteiger partial charge is 0.481 e. The minimum absolute atomic E-state index is 0.157. The number of nitrogens with two attached hydrogens (primary N) is 1. The Labute approximate surface area is 171 Å². The van der Waals surface area contributed by atoms with Crippen LogP contribution in [0, 0.1) is 11.6 Å². The molecule has 1 heterocycles. The number of amides is 1. The van der Waals surface area contributed by atoms with Gasteiger partial charge in [0.05, 0.1) is 25.1 Å². The van der Waals surface area contributed by atoms with Crippen LogP contribution >= 0.6 is 0 Å². The second kappa shape index (κ2) is 7.78. The van der Waals surface area contributed by atoms with Crippen molar-refractivity contribution in [2.24, 2.45) is 5.73 Å². The van der Waals surface area contributed by atoms with Crippen LogP contribution in [0.5, 0.6) is 5.75 Å². The van der Waals surface area contributed by atoms with E-state index in [1.165, 1.54) is 19.2 Å². The van der Waals surface area contributed by atoms with Gasteiger partial charge in [-0.05, 0) is 36.6 Å². The first-order valence-electron chi connectivity index (χ1n) is 9.47. The van der Waals surface area contributed by atoms with Gasteiger partial charge in [-0.15, -0.1) is 0 Å². The predicted octanol–water partition coefficient (Wildman–Crippen LogP) is 3.03. The number of benzene rings is 2. The first-order valence-corrected chi connectivity index (χ1v) is 9.47. The molecule has 8 heteroatoms. The average Bonchev–Trinajstić information content (AvgIpc) is 3.27. The second-order valence-electron chi connectivity index (χ2n) is 7.19. The maximum absolute atomic E-state index is 14.3. The van der Waals surface area contributed by atoms with E-state index in [1.54, 1.807) is 12.1 Å². The molecule has 1 atom stereocenters. The Morgan fingerprint density at radius 2 is 2.03 bits per heavy atom. The molecule has 156 valence electrons. The van der Waals surface area contributed by atoms with Gasteiger partial charge in [-0.1, -0.05) is 12.1 Å². The topological polar surface area (TPSA) is 83.6 Å². The summed E-state index contributed by atoms with van der Waals surface area (Å²) in [5.74, 6) is -2.38. The number of hydrogen-bond acceptors (Lipinski definition) is 4. The fourth-order valence-corrected chi connectivity index (χ4v) is 4.12. The Morgan fingerprint density at radius 1 is 1.23 bits per heavy atom. The first kappa shape index (κ1) is 19.9. The van der Waals surface area contributed by atoms with E-state index < -0.39 is 29.4 Å². The Morgan fingerprint density at radius 3 is 2.73 bits per heavy atom. The smallest absolute Gasteiger partial charge is 0.343 e. The van der Waals surface area contributed by atoms with Gasteiger partial charge >= 0.3 is 5.97 Å². The van der Waals surface area contributed by atoms with Crippen molar-refractivity contribution in [3.05, 3.63) is 64.9 Å². The number of ether oxygens (including phenoxy) is 2. The Bertz CT molecular complexity index is 1160. The third-order valence-electron chi connectivity index (χ3n) is 5.48. The van der Waals surface area contributed by atoms with E-state index in [1.807, 2.05) is 10.6 Å². The normalized spacial score (nSPS) is 15.2. The maximum Gasteiger partial charge on any atom is 0.343 e. The van der Waals surface area contributed by atoms with E-state index in [0.29, 0.717) is 29.5 Å². The summed E-state index contributed by atoms with van der Waals surface area (Å²) in [5.41, 5.74) is 8.26. The van der Waals surface area contributed by atoms with E-state index in [4.69, 9.17) is 10.5 Å². The molecule has 0 spiro atoms. The van der Waals surface area contributed by atoms with Crippen LogP contribution in [0.2, 0.25) is 0 Å². The fourth-order valence-electron chi connectivity index (χ4n) is 4.12. The SMILES string of the molecule is COC(=O)COc1cccc2c1c1c(n2Cc2ccc(F)cc2F)CCC1C(N)=O. The van der Waals surface area contributed by atoms with Crippen LogP contribution in [-0.4, -0.2) is 30.2 Å². The van der Waals surface area contributed by atoms with Crippen molar-refractivity contribution < 1.29 is 27.8 Å². The Kier molecular flexibility index (Phi) is 5.15. The molecule has 0 fully saturated rings. The molecule has 0 aliphatic heterocycles. The highest BCUT2D eigenvalue weighted by molar-refractivity contribution is 5.97. The molecule has 1 aliphatic carbocycles. The van der Waals surface area contributed by atoms with Crippen molar-refractivity contribution in [2.75, 3.05) is 13.7 Å². The molecular formula is C22H20F2N2O4. The highest BCUT2D eigenvalue weighted by Crippen LogP contribution is 2.44. The number of fused-ring (bicyclic) bond motifs is 3. The van der Waals surface area contributed by atoms with Crippen LogP contribution in [-0.2, 0) is 27.3 Å². The van der Waals surface area contributed by atoms with Gasteiger partial charge in [-0.3, -0.25) is 4.79 Å². The molecule has 0 bridgehead atoms. The Balaban J connectivity index is 1.87. The van der Waals surface area contributed by atoms with E-state index in [0.717, 1.165) is 22.8 Å². The number of halogens is 2. The van der Waals surface area contributed by atoms with Crippen molar-refractivity contribution in [3.8, 4) is 5.75 Å². The lowest BCUT2D eigenvalue weighted by Crippen LogP contribution is -2.19. The van der Waals surface area contributed by atoms with Gasteiger partial charge < -0.3 is 19.8 Å². The lowest BCUT2D eigenvalue weighted by atomic mass is 9.99. The summed E-state index contributed by atoms with van der Waals surface area (Å²) >= 11 is 0. The van der Waals surface area contributed by atoms with Crippen molar-refractivity contribution in [3.63, 3.8) is 0 Å². The number of rotatable bonds is 6. The minimum Gasteiger partial charge on any atom is -0.481 e. The van der Waals surface area contributed by atoms with E-state index in [9.17, 15) is 18.4 Å². The molecule has 30 heavy (non-hydrogen) atoms. The molecule has 1 unspecified atom stereocenters. The number of methoxy groups -OCH3 is 1. The van der Waals surface area contributed by atoms with E-state index >= 15 is 0 Å². The molecule has 2 N–H and O–H groups in total. The lowest BCUT2D eigenvalue weighted by molar-refractivity contribution is -0.142. The quantitative estimate of drug-likeness (QED) is 0.629. The zero-order chi connectivity index (χ0) is 21.4. The van der Waals surface area contributed by atoms with E-state index in [2.05, 4.69) is 4.74 Å². The van der Waals surface area contributed by atoms with Gasteiger partial charge in [0.15, 0.2) is 6.61 Å². The van der Waals surface area contributed by atoms with Gasteiger partial charge in [-0.2, -0.15) is 0 Å². The van der Waals surface area contributed by atoms with Gasteiger partial charge in [0, 0.05) is 22.7 Å². The molecule has 3 aromatic rings. The molecule has 0 saturated heterocycles. The number of esters is 1. The molecular weight excluding hydrogens is 394 g/mol. The van der Waals surface area contributed by atoms with Crippen molar-refractivity contribution in [2.45, 2.75) is 25.3 Å². The van der Waals surface area contributed by atoms with Crippen LogP contribution in [0.1, 0.15) is 29.2 Å². The number of nitrogens with zero attached hydrogens (tertiary/aromatic N) is 1. The number of carbonyl (C=O) groups excluding carboxylic acids is 2. The van der Waals surface area contributed by atoms with Crippen LogP contribution in [0.25, 0.3) is 10.9 Å². The van der Waals surface area contributed by atoms with Crippen molar-refractivity contribution in [1.29, 1.82) is 0 Å². The molecule has 0 saturated carbocycles. The van der Waals surface area contributed by atoms with Crippen LogP contribution in [0.3, 0.4) is 0 Å². The zero-order valence-corrected chi connectivity index (χ0v) is 16.3. The molecule has 4 rings (SSSR count). The summed E-state index contributed by atoms with van der Waals surface area (Å²) in [6.45, 7) is -0.132. The maximum atomic E-state index is 14.3. The molecule has 1 aromatic heterocycles. The number of aromatic nitrogens is 1. The summed E-state index contributed by atoms with van der Waals surface area (Å²) in [6.07, 6.45) is 1.12. The third kappa shape index (κ3) is 3.38. The van der Waals surface area contributed by atoms with Gasteiger partial charge in [0.1, 0.15) is 17.4 Å². The first-order chi connectivity index (χ1) is 14.4. The van der Waals surface area contributed by atoms with Gasteiger partial charge in [0.2, 0.25) is 5.91 Å². The summed E-state index contributed by atoms with van der Waals surface area (Å²) < 4.78 is 39.8. The van der Waals surface area contributed by atoms with Crippen molar-refractivity contribution in [1.82, 2.24) is 4.57 Å². The van der Waals surface area contributed by atoms with Crippen LogP contribution in [0.4, 0.5) is 8.78 Å². The average molecular weight is 414 g/mol. The van der Waals surface area contributed by atoms with Gasteiger partial charge in [-0.25, -0.2) is 13.6 Å². The molecule has 1 aliphatic rings. The van der Waals surface area contributed by atoms with E-state index in [-0.39, 0.29) is 13.2 Å². The molecule has 2 aromatic carbocycles. The summed E-state index contributed by atoms with van der Waals surface area (Å²) in [5, 5.41) is 0.667. The molecule has 6 nitrogen and oxygen atoms in total. The predicted molar refractivity (Wildman–Crippen MR) is 105 cm³/mol. The van der Waals surface area contributed by atoms with Crippen molar-refractivity contribution >= 4 is 22.8 Å². The van der Waals surface area contributed by atoms with Crippen LogP contribution in [0.15, 0.2) is 36.4 Å². The summed E-state index contributed by atoms with van der Waals surface area (Å²) in [7, 11) is 1.26. The lowest BCUT2D eigenvalue weighted by Gasteiger charge is -2.12. The fraction of sp³-hybridized carbons (Fsp3) is 0.273. The molecule has 0 radical (unpaired) electrons. The zero-order valence-electron chi connectivity index (χ0n) is 16.3. The Hall–Kier alpha value is -3.42. The van der Waals surface area contributed by atoms with Crippen LogP contribution < -0.4 is 10.5 Å². The molecule has 1 amide bonds. The summed E-state index contributed by atoms with van der Waals surface area (Å²) in [6, 6.07) is 8.74. The monoisotopic (exact) mass is 414 g/mol. The number of hydrogen-bond donors (Lipinski definition) is 1. The highest BCUT2D eigenvalue weighted by Gasteiger charge is 2.34. The second-order valence-corrected chi connectivity index (χ2v) is 7.19.